The monoisotopic (exact) mass is 373 g/mol. The molecule has 1 fully saturated rings. The SMILES string of the molecule is CC1(CN)CCN(C(=O)c2ccc(S(=O)(=O)Nc3ccccc3)cc2)C1. The molecule has 3 N–H and O–H groups in total. The second kappa shape index (κ2) is 7.09. The van der Waals surface area contributed by atoms with E-state index >= 15 is 0 Å². The predicted molar refractivity (Wildman–Crippen MR) is 101 cm³/mol. The van der Waals surface area contributed by atoms with E-state index in [0.29, 0.717) is 30.9 Å². The van der Waals surface area contributed by atoms with E-state index in [1.54, 1.807) is 41.3 Å². The number of anilines is 1. The fraction of sp³-hybridized carbons (Fsp3) is 0.316. The molecule has 7 heteroatoms. The van der Waals surface area contributed by atoms with E-state index in [1.807, 2.05) is 6.07 Å². The summed E-state index contributed by atoms with van der Waals surface area (Å²) in [5, 5.41) is 0. The van der Waals surface area contributed by atoms with Gasteiger partial charge in [-0.3, -0.25) is 9.52 Å². The van der Waals surface area contributed by atoms with Crippen molar-refractivity contribution in [2.24, 2.45) is 11.1 Å². The maximum absolute atomic E-state index is 12.6. The molecule has 26 heavy (non-hydrogen) atoms. The van der Waals surface area contributed by atoms with Gasteiger partial charge in [-0.05, 0) is 54.8 Å². The maximum Gasteiger partial charge on any atom is 0.261 e. The molecule has 1 unspecified atom stereocenters. The minimum atomic E-state index is -3.69. The van der Waals surface area contributed by atoms with E-state index in [0.717, 1.165) is 6.42 Å². The largest absolute Gasteiger partial charge is 0.338 e. The molecule has 0 saturated carbocycles. The molecule has 2 aromatic rings. The molecule has 3 rings (SSSR count). The van der Waals surface area contributed by atoms with E-state index < -0.39 is 10.0 Å². The predicted octanol–water partition coefficient (Wildman–Crippen LogP) is 2.30. The van der Waals surface area contributed by atoms with Gasteiger partial charge < -0.3 is 10.6 Å². The summed E-state index contributed by atoms with van der Waals surface area (Å²) in [6, 6.07) is 14.7. The van der Waals surface area contributed by atoms with Gasteiger partial charge in [0.05, 0.1) is 4.90 Å². The Balaban J connectivity index is 1.73. The Hall–Kier alpha value is -2.38. The third-order valence-corrected chi connectivity index (χ3v) is 6.17. The van der Waals surface area contributed by atoms with E-state index in [2.05, 4.69) is 11.6 Å². The van der Waals surface area contributed by atoms with Crippen LogP contribution in [0.3, 0.4) is 0 Å². The molecule has 0 bridgehead atoms. The zero-order valence-corrected chi connectivity index (χ0v) is 15.5. The number of para-hydroxylation sites is 1. The van der Waals surface area contributed by atoms with E-state index in [-0.39, 0.29) is 16.2 Å². The molecular formula is C19H23N3O3S. The lowest BCUT2D eigenvalue weighted by atomic mass is 9.90. The van der Waals surface area contributed by atoms with Gasteiger partial charge in [-0.1, -0.05) is 25.1 Å². The van der Waals surface area contributed by atoms with Crippen molar-refractivity contribution in [3.8, 4) is 0 Å². The highest BCUT2D eigenvalue weighted by atomic mass is 32.2. The van der Waals surface area contributed by atoms with E-state index in [4.69, 9.17) is 5.73 Å². The van der Waals surface area contributed by atoms with Crippen LogP contribution in [-0.2, 0) is 10.0 Å². The van der Waals surface area contributed by atoms with Crippen molar-refractivity contribution in [3.05, 3.63) is 60.2 Å². The Labute approximate surface area is 154 Å². The van der Waals surface area contributed by atoms with Crippen LogP contribution < -0.4 is 10.5 Å². The van der Waals surface area contributed by atoms with Crippen molar-refractivity contribution in [2.75, 3.05) is 24.4 Å². The fourth-order valence-corrected chi connectivity index (χ4v) is 4.10. The van der Waals surface area contributed by atoms with Crippen molar-refractivity contribution in [2.45, 2.75) is 18.2 Å². The number of hydrogen-bond donors (Lipinski definition) is 2. The fourth-order valence-electron chi connectivity index (χ4n) is 3.04. The minimum absolute atomic E-state index is 0.0431. The standard InChI is InChI=1S/C19H23N3O3S/c1-19(13-20)11-12-22(14-19)18(23)15-7-9-17(10-8-15)26(24,25)21-16-5-3-2-4-6-16/h2-10,21H,11-14,20H2,1H3. The Bertz CT molecular complexity index is 882. The van der Waals surface area contributed by atoms with Crippen LogP contribution in [0.2, 0.25) is 0 Å². The molecule has 1 saturated heterocycles. The van der Waals surface area contributed by atoms with E-state index in [9.17, 15) is 13.2 Å². The van der Waals surface area contributed by atoms with Crippen LogP contribution in [0.15, 0.2) is 59.5 Å². The summed E-state index contributed by atoms with van der Waals surface area (Å²) in [6.45, 7) is 3.91. The summed E-state index contributed by atoms with van der Waals surface area (Å²) in [7, 11) is -3.69. The van der Waals surface area contributed by atoms with Crippen LogP contribution in [0, 0.1) is 5.41 Å². The van der Waals surface area contributed by atoms with Crippen LogP contribution >= 0.6 is 0 Å². The second-order valence-electron chi connectivity index (χ2n) is 6.99. The Morgan fingerprint density at radius 1 is 1.15 bits per heavy atom. The first-order valence-electron chi connectivity index (χ1n) is 8.50. The number of nitrogens with one attached hydrogen (secondary N) is 1. The summed E-state index contributed by atoms with van der Waals surface area (Å²) in [4.78, 5) is 14.5. The smallest absolute Gasteiger partial charge is 0.261 e. The van der Waals surface area contributed by atoms with Gasteiger partial charge in [0, 0.05) is 24.3 Å². The molecule has 138 valence electrons. The van der Waals surface area contributed by atoms with Crippen molar-refractivity contribution in [3.63, 3.8) is 0 Å². The molecule has 0 aliphatic carbocycles. The number of rotatable bonds is 5. The zero-order valence-electron chi connectivity index (χ0n) is 14.7. The number of carbonyl (C=O) groups excluding carboxylic acids is 1. The minimum Gasteiger partial charge on any atom is -0.338 e. The van der Waals surface area contributed by atoms with Gasteiger partial charge >= 0.3 is 0 Å². The lowest BCUT2D eigenvalue weighted by molar-refractivity contribution is 0.0777. The van der Waals surface area contributed by atoms with Gasteiger partial charge in [-0.15, -0.1) is 0 Å². The second-order valence-corrected chi connectivity index (χ2v) is 8.67. The van der Waals surface area contributed by atoms with Crippen LogP contribution in [0.25, 0.3) is 0 Å². The summed E-state index contributed by atoms with van der Waals surface area (Å²) < 4.78 is 27.4. The zero-order chi connectivity index (χ0) is 18.8. The number of sulfonamides is 1. The molecule has 1 aliphatic rings. The molecule has 1 heterocycles. The van der Waals surface area contributed by atoms with Gasteiger partial charge in [-0.25, -0.2) is 8.42 Å². The lowest BCUT2D eigenvalue weighted by Crippen LogP contribution is -2.34. The normalized spacial score (nSPS) is 20.2. The molecular weight excluding hydrogens is 350 g/mol. The number of benzene rings is 2. The Morgan fingerprint density at radius 3 is 2.38 bits per heavy atom. The summed E-state index contributed by atoms with van der Waals surface area (Å²) >= 11 is 0. The van der Waals surface area contributed by atoms with Crippen LogP contribution in [-0.4, -0.2) is 38.9 Å². The van der Waals surface area contributed by atoms with Crippen molar-refractivity contribution in [1.29, 1.82) is 0 Å². The highest BCUT2D eigenvalue weighted by Gasteiger charge is 2.35. The Morgan fingerprint density at radius 2 is 1.81 bits per heavy atom. The van der Waals surface area contributed by atoms with Gasteiger partial charge in [0.1, 0.15) is 0 Å². The first-order chi connectivity index (χ1) is 12.3. The average Bonchev–Trinajstić information content (AvgIpc) is 3.05. The average molecular weight is 373 g/mol. The molecule has 0 radical (unpaired) electrons. The maximum atomic E-state index is 12.6. The summed E-state index contributed by atoms with van der Waals surface area (Å²) in [5.41, 5.74) is 6.71. The highest BCUT2D eigenvalue weighted by Crippen LogP contribution is 2.29. The molecule has 2 aromatic carbocycles. The van der Waals surface area contributed by atoms with Gasteiger partial charge in [0.2, 0.25) is 0 Å². The van der Waals surface area contributed by atoms with Crippen molar-refractivity contribution >= 4 is 21.6 Å². The van der Waals surface area contributed by atoms with Gasteiger partial charge in [0.15, 0.2) is 0 Å². The van der Waals surface area contributed by atoms with Crippen LogP contribution in [0.5, 0.6) is 0 Å². The number of likely N-dealkylation sites (tertiary alicyclic amines) is 1. The molecule has 0 spiro atoms. The Kier molecular flexibility index (Phi) is 5.02. The number of nitrogens with zero attached hydrogens (tertiary/aromatic N) is 1. The quantitative estimate of drug-likeness (QED) is 0.841. The highest BCUT2D eigenvalue weighted by molar-refractivity contribution is 7.92. The first kappa shape index (κ1) is 18.4. The number of amides is 1. The van der Waals surface area contributed by atoms with Gasteiger partial charge in [-0.2, -0.15) is 0 Å². The van der Waals surface area contributed by atoms with E-state index in [1.165, 1.54) is 12.1 Å². The molecule has 1 amide bonds. The summed E-state index contributed by atoms with van der Waals surface area (Å²) in [5.74, 6) is -0.0952. The number of hydrogen-bond acceptors (Lipinski definition) is 4. The molecule has 0 aromatic heterocycles. The van der Waals surface area contributed by atoms with Crippen LogP contribution in [0.4, 0.5) is 5.69 Å². The topological polar surface area (TPSA) is 92.5 Å². The molecule has 6 nitrogen and oxygen atoms in total. The van der Waals surface area contributed by atoms with Gasteiger partial charge in [0.25, 0.3) is 15.9 Å². The molecule has 1 atom stereocenters. The van der Waals surface area contributed by atoms with Crippen molar-refractivity contribution in [1.82, 2.24) is 4.90 Å². The first-order valence-corrected chi connectivity index (χ1v) is 9.99. The lowest BCUT2D eigenvalue weighted by Gasteiger charge is -2.22. The summed E-state index contributed by atoms with van der Waals surface area (Å²) in [6.07, 6.45) is 0.878. The number of nitrogens with two attached hydrogens (primary N) is 1. The third kappa shape index (κ3) is 3.89. The number of carbonyl (C=O) groups is 1. The third-order valence-electron chi connectivity index (χ3n) is 4.78. The van der Waals surface area contributed by atoms with Crippen LogP contribution in [0.1, 0.15) is 23.7 Å². The van der Waals surface area contributed by atoms with Crippen molar-refractivity contribution < 1.29 is 13.2 Å². The molecule has 1 aliphatic heterocycles.